The lowest BCUT2D eigenvalue weighted by Gasteiger charge is -2.38. The number of benzene rings is 2. The van der Waals surface area contributed by atoms with Crippen molar-refractivity contribution in [1.29, 1.82) is 0 Å². The summed E-state index contributed by atoms with van der Waals surface area (Å²) >= 11 is 0. The number of nitro benzene ring substituents is 1. The molecule has 0 saturated heterocycles. The number of methoxy groups -OCH3 is 3. The number of carbonyl (C=O) groups is 1. The largest absolute Gasteiger partial charge is 0.493 e. The number of fused-ring (bicyclic) bond motifs is 1. The monoisotopic (exact) mass is 404 g/mol. The third-order valence-electron chi connectivity index (χ3n) is 5.03. The predicted octanol–water partition coefficient (Wildman–Crippen LogP) is 3.42. The highest BCUT2D eigenvalue weighted by Crippen LogP contribution is 2.43. The molecule has 1 heterocycles. The first-order valence-electron chi connectivity index (χ1n) is 8.91. The third kappa shape index (κ3) is 3.94. The van der Waals surface area contributed by atoms with Crippen LogP contribution < -0.4 is 14.4 Å². The lowest BCUT2D eigenvalue weighted by atomic mass is 9.89. The molecule has 0 amide bonds. The van der Waals surface area contributed by atoms with Crippen molar-refractivity contribution in [3.05, 3.63) is 57.4 Å². The van der Waals surface area contributed by atoms with Gasteiger partial charge in [-0.15, -0.1) is 0 Å². The van der Waals surface area contributed by atoms with Crippen LogP contribution in [-0.2, 0) is 16.0 Å². The summed E-state index contributed by atoms with van der Waals surface area (Å²) in [4.78, 5) is 24.7. The Morgan fingerprint density at radius 2 is 1.90 bits per heavy atom. The Bertz CT molecular complexity index is 949. The number of nitro groups is 1. The highest BCUT2D eigenvalue weighted by Gasteiger charge is 2.34. The molecule has 8 nitrogen and oxygen atoms in total. The van der Waals surface area contributed by atoms with E-state index in [0.717, 1.165) is 17.2 Å². The van der Waals surface area contributed by atoms with E-state index in [1.165, 1.54) is 33.5 Å². The Kier molecular flexibility index (Phi) is 5.86. The smallest absolute Gasteiger partial charge is 0.307 e. The van der Waals surface area contributed by atoms with Crippen molar-refractivity contribution >= 4 is 17.3 Å². The van der Waals surface area contributed by atoms with Gasteiger partial charge in [0.05, 0.1) is 44.8 Å². The second-order valence-electron chi connectivity index (χ2n) is 6.54. The van der Waals surface area contributed by atoms with Crippen molar-refractivity contribution in [2.24, 2.45) is 0 Å². The van der Waals surface area contributed by atoms with Gasteiger partial charge in [0.25, 0.3) is 5.69 Å². The number of esters is 1. The number of hydrogen-bond acceptors (Lipinski definition) is 7. The molecule has 0 aromatic heterocycles. The van der Waals surface area contributed by atoms with Crippen LogP contribution in [0.1, 0.15) is 23.6 Å². The summed E-state index contributed by atoms with van der Waals surface area (Å²) in [6.07, 6.45) is 0.523. The second-order valence-corrected chi connectivity index (χ2v) is 6.54. The molecule has 0 radical (unpaired) electrons. The van der Waals surface area contributed by atoms with E-state index in [1.807, 2.05) is 6.07 Å². The second kappa shape index (κ2) is 8.34. The number of ether oxygens (including phenoxy) is 3. The van der Waals surface area contributed by atoms with Gasteiger partial charge in [-0.3, -0.25) is 14.9 Å². The molecular formula is C20H21FN2O6. The fourth-order valence-electron chi connectivity index (χ4n) is 3.66. The van der Waals surface area contributed by atoms with Gasteiger partial charge in [-0.1, -0.05) is 0 Å². The first kappa shape index (κ1) is 20.4. The van der Waals surface area contributed by atoms with E-state index in [9.17, 15) is 19.3 Å². The fourth-order valence-corrected chi connectivity index (χ4v) is 3.66. The molecule has 1 aliphatic rings. The fraction of sp³-hybridized carbons (Fsp3) is 0.350. The van der Waals surface area contributed by atoms with E-state index >= 15 is 0 Å². The van der Waals surface area contributed by atoms with Crippen LogP contribution in [0.25, 0.3) is 0 Å². The minimum atomic E-state index is -0.700. The number of hydrogen-bond donors (Lipinski definition) is 0. The van der Waals surface area contributed by atoms with Crippen LogP contribution in [0.3, 0.4) is 0 Å². The zero-order valence-electron chi connectivity index (χ0n) is 16.3. The highest BCUT2D eigenvalue weighted by atomic mass is 19.1. The van der Waals surface area contributed by atoms with Gasteiger partial charge in [0, 0.05) is 6.54 Å². The van der Waals surface area contributed by atoms with Gasteiger partial charge >= 0.3 is 5.97 Å². The Morgan fingerprint density at radius 1 is 1.21 bits per heavy atom. The molecule has 2 aromatic rings. The Hall–Kier alpha value is -3.36. The molecule has 29 heavy (non-hydrogen) atoms. The number of carbonyl (C=O) groups excluding carboxylic acids is 1. The topological polar surface area (TPSA) is 91.1 Å². The quantitative estimate of drug-likeness (QED) is 0.414. The summed E-state index contributed by atoms with van der Waals surface area (Å²) in [7, 11) is 4.32. The maximum Gasteiger partial charge on any atom is 0.307 e. The van der Waals surface area contributed by atoms with Gasteiger partial charge in [-0.05, 0) is 41.8 Å². The zero-order valence-corrected chi connectivity index (χ0v) is 16.3. The van der Waals surface area contributed by atoms with Crippen LogP contribution in [0.2, 0.25) is 0 Å². The summed E-state index contributed by atoms with van der Waals surface area (Å²) < 4.78 is 29.2. The summed E-state index contributed by atoms with van der Waals surface area (Å²) in [6, 6.07) is 6.48. The van der Waals surface area contributed by atoms with Crippen molar-refractivity contribution in [1.82, 2.24) is 0 Å². The van der Waals surface area contributed by atoms with Crippen LogP contribution in [0.4, 0.5) is 15.8 Å². The molecule has 1 atom stereocenters. The van der Waals surface area contributed by atoms with Gasteiger partial charge in [0.15, 0.2) is 11.5 Å². The number of halogens is 1. The molecule has 154 valence electrons. The number of nitrogens with zero attached hydrogens (tertiary/aromatic N) is 2. The summed E-state index contributed by atoms with van der Waals surface area (Å²) in [5.41, 5.74) is 1.60. The van der Waals surface area contributed by atoms with Crippen LogP contribution in [-0.4, -0.2) is 38.8 Å². The van der Waals surface area contributed by atoms with Gasteiger partial charge in [0.2, 0.25) is 0 Å². The van der Waals surface area contributed by atoms with Crippen LogP contribution in [0.5, 0.6) is 11.5 Å². The number of rotatable bonds is 6. The van der Waals surface area contributed by atoms with E-state index in [2.05, 4.69) is 0 Å². The standard InChI is InChI=1S/C20H21FN2O6/c1-27-18-8-12-6-7-22(15-5-4-13(21)9-17(15)23(25)26)16(11-20(24)29-3)14(12)10-19(18)28-2/h4-5,8-10,16H,6-7,11H2,1-3H3/t16-/m0/s1. The van der Waals surface area contributed by atoms with Gasteiger partial charge < -0.3 is 19.1 Å². The molecule has 2 aromatic carbocycles. The molecule has 0 saturated carbocycles. The van der Waals surface area contributed by atoms with Crippen molar-refractivity contribution in [2.45, 2.75) is 18.9 Å². The summed E-state index contributed by atoms with van der Waals surface area (Å²) in [5.74, 6) is -0.123. The maximum absolute atomic E-state index is 13.6. The molecule has 0 unspecified atom stereocenters. The lowest BCUT2D eigenvalue weighted by molar-refractivity contribution is -0.384. The minimum Gasteiger partial charge on any atom is -0.493 e. The minimum absolute atomic E-state index is 0.0342. The van der Waals surface area contributed by atoms with Gasteiger partial charge in [0.1, 0.15) is 11.5 Å². The molecule has 0 fully saturated rings. The van der Waals surface area contributed by atoms with Gasteiger partial charge in [-0.25, -0.2) is 4.39 Å². The molecule has 0 aliphatic carbocycles. The summed E-state index contributed by atoms with van der Waals surface area (Å²) in [5, 5.41) is 11.5. The van der Waals surface area contributed by atoms with Crippen LogP contribution in [0, 0.1) is 15.9 Å². The predicted molar refractivity (Wildman–Crippen MR) is 103 cm³/mol. The van der Waals surface area contributed by atoms with Crippen LogP contribution in [0.15, 0.2) is 30.3 Å². The average molecular weight is 404 g/mol. The zero-order chi connectivity index (χ0) is 21.1. The van der Waals surface area contributed by atoms with Gasteiger partial charge in [-0.2, -0.15) is 0 Å². The first-order chi connectivity index (χ1) is 13.9. The Morgan fingerprint density at radius 3 is 2.52 bits per heavy atom. The van der Waals surface area contributed by atoms with Crippen molar-refractivity contribution in [3.8, 4) is 11.5 Å². The molecule has 9 heteroatoms. The van der Waals surface area contributed by atoms with E-state index in [4.69, 9.17) is 14.2 Å². The van der Waals surface area contributed by atoms with Crippen molar-refractivity contribution < 1.29 is 28.3 Å². The van der Waals surface area contributed by atoms with E-state index in [1.54, 1.807) is 11.0 Å². The molecule has 1 aliphatic heterocycles. The van der Waals surface area contributed by atoms with Crippen LogP contribution >= 0.6 is 0 Å². The third-order valence-corrected chi connectivity index (χ3v) is 5.03. The normalized spacial score (nSPS) is 15.4. The molecule has 3 rings (SSSR count). The molecule has 0 spiro atoms. The van der Waals surface area contributed by atoms with Crippen molar-refractivity contribution in [2.75, 3.05) is 32.8 Å². The van der Waals surface area contributed by atoms with E-state index in [0.29, 0.717) is 24.5 Å². The Labute approximate surface area is 166 Å². The highest BCUT2D eigenvalue weighted by molar-refractivity contribution is 5.73. The van der Waals surface area contributed by atoms with E-state index in [-0.39, 0.29) is 17.8 Å². The lowest BCUT2D eigenvalue weighted by Crippen LogP contribution is -2.37. The summed E-state index contributed by atoms with van der Waals surface area (Å²) in [6.45, 7) is 0.399. The molecule has 0 bridgehead atoms. The van der Waals surface area contributed by atoms with E-state index < -0.39 is 22.8 Å². The average Bonchev–Trinajstić information content (AvgIpc) is 2.72. The Balaban J connectivity index is 2.15. The number of anilines is 1. The SMILES string of the molecule is COC(=O)C[C@H]1c2cc(OC)c(OC)cc2CCN1c1ccc(F)cc1[N+](=O)[O-]. The molecular weight excluding hydrogens is 383 g/mol. The first-order valence-corrected chi connectivity index (χ1v) is 8.91. The maximum atomic E-state index is 13.6. The molecule has 0 N–H and O–H groups in total. The van der Waals surface area contributed by atoms with Crippen molar-refractivity contribution in [3.63, 3.8) is 0 Å².